The van der Waals surface area contributed by atoms with Gasteiger partial charge in [-0.15, -0.1) is 0 Å². The van der Waals surface area contributed by atoms with Crippen molar-refractivity contribution in [3.63, 3.8) is 0 Å². The van der Waals surface area contributed by atoms with E-state index in [4.69, 9.17) is 0 Å². The molecule has 0 aliphatic carbocycles. The van der Waals surface area contributed by atoms with Crippen LogP contribution < -0.4 is 4.90 Å². The number of benzene rings is 3. The molecule has 1 amide bonds. The molecule has 0 N–H and O–H groups in total. The van der Waals surface area contributed by atoms with Gasteiger partial charge in [-0.05, 0) is 66.4 Å². The molecular formula is C31H27CoN4O2. The van der Waals surface area contributed by atoms with Crippen LogP contribution >= 0.6 is 0 Å². The number of fused-ring (bicyclic) bond motifs is 2. The molecule has 192 valence electrons. The third-order valence-electron chi connectivity index (χ3n) is 7.68. The van der Waals surface area contributed by atoms with Crippen LogP contribution in [0.3, 0.4) is 0 Å². The van der Waals surface area contributed by atoms with Gasteiger partial charge in [-0.25, -0.2) is 11.7 Å². The number of carbonyl (C=O) groups is 1. The molecule has 38 heavy (non-hydrogen) atoms. The second-order valence-corrected chi connectivity index (χ2v) is 9.72. The molecule has 4 aromatic rings. The summed E-state index contributed by atoms with van der Waals surface area (Å²) >= 11 is 0. The summed E-state index contributed by atoms with van der Waals surface area (Å²) in [6, 6.07) is 32.0. The van der Waals surface area contributed by atoms with Crippen molar-refractivity contribution in [2.45, 2.75) is 30.8 Å². The maximum absolute atomic E-state index is 14.3. The minimum Gasteiger partial charge on any atom is -0.320 e. The van der Waals surface area contributed by atoms with Gasteiger partial charge in [0.05, 0.1) is 16.8 Å². The summed E-state index contributed by atoms with van der Waals surface area (Å²) in [6.07, 6.45) is 2.94. The van der Waals surface area contributed by atoms with Crippen LogP contribution in [0.2, 0.25) is 0 Å². The van der Waals surface area contributed by atoms with E-state index in [0.29, 0.717) is 25.9 Å². The Kier molecular flexibility index (Phi) is 7.42. The van der Waals surface area contributed by atoms with Crippen LogP contribution in [-0.4, -0.2) is 28.4 Å². The Morgan fingerprint density at radius 1 is 0.895 bits per heavy atom. The van der Waals surface area contributed by atoms with Crippen molar-refractivity contribution in [2.75, 3.05) is 11.4 Å². The topological polar surface area (TPSA) is 65.9 Å². The second-order valence-electron chi connectivity index (χ2n) is 9.72. The van der Waals surface area contributed by atoms with Gasteiger partial charge >= 0.3 is 16.8 Å². The number of aromatic nitrogens is 1. The Hall–Kier alpha value is -3.78. The fourth-order valence-electron chi connectivity index (χ4n) is 5.84. The molecule has 2 unspecified atom stereocenters. The van der Waals surface area contributed by atoms with Crippen molar-refractivity contribution in [1.29, 1.82) is 0 Å². The van der Waals surface area contributed by atoms with E-state index in [9.17, 15) is 9.70 Å². The van der Waals surface area contributed by atoms with Gasteiger partial charge in [0.15, 0.2) is 0 Å². The van der Waals surface area contributed by atoms with Crippen LogP contribution in [0.25, 0.3) is 11.1 Å². The van der Waals surface area contributed by atoms with Crippen LogP contribution in [0.5, 0.6) is 0 Å². The molecule has 2 aliphatic rings. The Balaban J connectivity index is 0.00000294. The number of piperidine rings is 1. The molecule has 0 radical (unpaired) electrons. The Bertz CT molecular complexity index is 1420. The predicted octanol–water partition coefficient (Wildman–Crippen LogP) is 6.25. The zero-order chi connectivity index (χ0) is 25.2. The van der Waals surface area contributed by atoms with Crippen LogP contribution in [0, 0.1) is 11.5 Å². The van der Waals surface area contributed by atoms with Crippen molar-refractivity contribution >= 4 is 17.3 Å². The van der Waals surface area contributed by atoms with Crippen LogP contribution in [0.15, 0.2) is 108 Å². The summed E-state index contributed by atoms with van der Waals surface area (Å²) in [5, 5.41) is 3.14. The molecule has 3 heterocycles. The predicted molar refractivity (Wildman–Crippen MR) is 145 cm³/mol. The summed E-state index contributed by atoms with van der Waals surface area (Å²) in [7, 11) is 0. The first-order chi connectivity index (χ1) is 18.2. The molecule has 6 nitrogen and oxygen atoms in total. The number of hydrogen-bond acceptors (Lipinski definition) is 5. The smallest absolute Gasteiger partial charge is 0.320 e. The normalized spacial score (nSPS) is 20.6. The minimum atomic E-state index is -0.707. The average molecular weight is 547 g/mol. The molecule has 1 aromatic heterocycles. The third-order valence-corrected chi connectivity index (χ3v) is 7.68. The summed E-state index contributed by atoms with van der Waals surface area (Å²) in [6.45, 7) is 2.71. The van der Waals surface area contributed by atoms with E-state index < -0.39 is 5.41 Å². The van der Waals surface area contributed by atoms with E-state index in [0.717, 1.165) is 33.8 Å². The van der Waals surface area contributed by atoms with Gasteiger partial charge in [-0.1, -0.05) is 72.8 Å². The van der Waals surface area contributed by atoms with Gasteiger partial charge in [-0.2, -0.15) is 4.91 Å². The number of hydrogen-bond donors (Lipinski definition) is 0. The molecule has 3 aromatic carbocycles. The number of rotatable bonds is 6. The maximum atomic E-state index is 14.3. The third kappa shape index (κ3) is 4.53. The summed E-state index contributed by atoms with van der Waals surface area (Å²) in [5.41, 5.74) is 5.25. The molecule has 0 saturated carbocycles. The molecule has 7 heteroatoms. The van der Waals surface area contributed by atoms with Crippen LogP contribution in [-0.2, 0) is 33.5 Å². The van der Waals surface area contributed by atoms with Crippen molar-refractivity contribution < 1.29 is 21.6 Å². The Labute approximate surface area is 232 Å². The van der Waals surface area contributed by atoms with Crippen LogP contribution in [0.1, 0.15) is 24.1 Å². The van der Waals surface area contributed by atoms with Crippen LogP contribution in [0.4, 0.5) is 11.4 Å². The molecule has 1 spiro atoms. The quantitative estimate of drug-likeness (QED) is 0.212. The first kappa shape index (κ1) is 25.8. The SMILES string of the molecule is O=N[CH-]C1CC2(CCN1Cc1ccccn1)C(=O)N(c1ccc(-c3ccccc3)cc1)c1ccccc12.[Co+]. The van der Waals surface area contributed by atoms with Gasteiger partial charge in [0.2, 0.25) is 5.91 Å². The van der Waals surface area contributed by atoms with E-state index in [1.54, 1.807) is 6.20 Å². The summed E-state index contributed by atoms with van der Waals surface area (Å²) in [4.78, 5) is 34.2. The fourth-order valence-corrected chi connectivity index (χ4v) is 5.84. The average Bonchev–Trinajstić information content (AvgIpc) is 3.19. The number of nitrogens with zero attached hydrogens (tertiary/aromatic N) is 4. The second kappa shape index (κ2) is 10.9. The van der Waals surface area contributed by atoms with Gasteiger partial charge < -0.3 is 4.90 Å². The molecule has 2 atom stereocenters. The van der Waals surface area contributed by atoms with E-state index in [2.05, 4.69) is 45.4 Å². The molecule has 2 aliphatic heterocycles. The first-order valence-electron chi connectivity index (χ1n) is 12.6. The van der Waals surface area contributed by atoms with E-state index in [1.807, 2.05) is 71.6 Å². The van der Waals surface area contributed by atoms with E-state index in [-0.39, 0.29) is 28.7 Å². The fraction of sp³-hybridized carbons (Fsp3) is 0.194. The Morgan fingerprint density at radius 3 is 2.34 bits per heavy atom. The number of carbonyl (C=O) groups excluding carboxylic acids is 1. The number of nitroso groups, excluding NO2 is 1. The summed E-state index contributed by atoms with van der Waals surface area (Å²) < 4.78 is 0. The molecule has 6 rings (SSSR count). The Morgan fingerprint density at radius 2 is 1.61 bits per heavy atom. The zero-order valence-electron chi connectivity index (χ0n) is 20.7. The number of pyridine rings is 1. The number of amides is 1. The van der Waals surface area contributed by atoms with Crippen molar-refractivity contribution in [3.05, 3.63) is 126 Å². The monoisotopic (exact) mass is 546 g/mol. The standard InChI is InChI=1S/C31H27N4O2.Co/c36-30-31(17-19-34(27(20-31)21-33-37)22-25-10-6-7-18-32-25)28-11-4-5-12-29(28)35(30)26-15-13-24(14-16-26)23-8-2-1-3-9-23;/h1-16,18,21,27H,17,19-20,22H2;/q-1;+1. The maximum Gasteiger partial charge on any atom is 1.00 e. The van der Waals surface area contributed by atoms with E-state index in [1.165, 1.54) is 6.54 Å². The van der Waals surface area contributed by atoms with Gasteiger partial charge in [0, 0.05) is 18.4 Å². The molecule has 0 bridgehead atoms. The van der Waals surface area contributed by atoms with Crippen molar-refractivity contribution in [1.82, 2.24) is 9.88 Å². The number of anilines is 2. The first-order valence-corrected chi connectivity index (χ1v) is 12.6. The van der Waals surface area contributed by atoms with Crippen molar-refractivity contribution in [2.24, 2.45) is 5.18 Å². The number of para-hydroxylation sites is 1. The molecule has 1 fully saturated rings. The largest absolute Gasteiger partial charge is 1.00 e. The van der Waals surface area contributed by atoms with Gasteiger partial charge in [0.25, 0.3) is 0 Å². The van der Waals surface area contributed by atoms with Crippen molar-refractivity contribution in [3.8, 4) is 11.1 Å². The van der Waals surface area contributed by atoms with Gasteiger partial charge in [0.1, 0.15) is 0 Å². The zero-order valence-corrected chi connectivity index (χ0v) is 21.8. The summed E-state index contributed by atoms with van der Waals surface area (Å²) in [5.74, 6) is 0.0583. The van der Waals surface area contributed by atoms with E-state index >= 15 is 0 Å². The minimum absolute atomic E-state index is 0. The van der Waals surface area contributed by atoms with Gasteiger partial charge in [-0.3, -0.25) is 14.7 Å². The molecule has 1 saturated heterocycles. The number of likely N-dealkylation sites (tertiary alicyclic amines) is 1. The molecular weight excluding hydrogens is 519 g/mol.